The Morgan fingerprint density at radius 3 is 2.39 bits per heavy atom. The van der Waals surface area contributed by atoms with E-state index in [-0.39, 0.29) is 11.1 Å². The van der Waals surface area contributed by atoms with Crippen LogP contribution in [0.25, 0.3) is 0 Å². The largest absolute Gasteiger partial charge is 0.481 e. The molecule has 0 aliphatic carbocycles. The monoisotopic (exact) mass is 528 g/mol. The summed E-state index contributed by atoms with van der Waals surface area (Å²) < 4.78 is 41.2. The Balaban J connectivity index is 1.98. The van der Waals surface area contributed by atoms with Gasteiger partial charge in [-0.1, -0.05) is 62.2 Å². The molecule has 1 aromatic heterocycles. The van der Waals surface area contributed by atoms with Crippen molar-refractivity contribution in [1.82, 2.24) is 9.88 Å². The van der Waals surface area contributed by atoms with Gasteiger partial charge < -0.3 is 15.0 Å². The zero-order valence-corrected chi connectivity index (χ0v) is 21.3. The molecular formula is C29H31F3N2O4. The highest BCUT2D eigenvalue weighted by atomic mass is 19.4. The minimum atomic E-state index is -4.62. The van der Waals surface area contributed by atoms with Gasteiger partial charge in [0.2, 0.25) is 5.91 Å². The fraction of sp³-hybridized carbons (Fsp3) is 0.345. The fourth-order valence-corrected chi connectivity index (χ4v) is 4.41. The molecule has 1 amide bonds. The van der Waals surface area contributed by atoms with Gasteiger partial charge >= 0.3 is 12.1 Å². The van der Waals surface area contributed by atoms with E-state index in [4.69, 9.17) is 0 Å². The van der Waals surface area contributed by atoms with Gasteiger partial charge in [-0.25, -0.2) is 0 Å². The molecule has 0 saturated heterocycles. The van der Waals surface area contributed by atoms with Gasteiger partial charge in [0.25, 0.3) is 5.56 Å². The summed E-state index contributed by atoms with van der Waals surface area (Å²) in [6, 6.07) is 13.3. The van der Waals surface area contributed by atoms with Crippen LogP contribution in [0.1, 0.15) is 72.5 Å². The normalized spacial score (nSPS) is 13.1. The molecule has 0 spiro atoms. The predicted octanol–water partition coefficient (Wildman–Crippen LogP) is 5.83. The van der Waals surface area contributed by atoms with Crippen molar-refractivity contribution in [3.8, 4) is 0 Å². The number of hydrogen-bond acceptors (Lipinski definition) is 3. The van der Waals surface area contributed by atoms with Crippen LogP contribution < -0.4 is 10.9 Å². The Hall–Kier alpha value is -3.88. The number of halogens is 3. The number of aryl methyl sites for hydroxylation is 1. The van der Waals surface area contributed by atoms with Crippen LogP contribution in [0.4, 0.5) is 13.2 Å². The van der Waals surface area contributed by atoms with Crippen LogP contribution in [-0.2, 0) is 22.2 Å². The standard InChI is InChI=1S/C29H31F3N2O4/c1-3-4-13-25(34-18-19(2)14-22(28(34)38)15-20-9-6-5-7-10-20)27(37)33-24(17-26(35)36)21-11-8-12-23(16-21)29(30,31)32/h5-12,14,16,18,24-25H,3-4,13,15,17H2,1-2H3,(H,33,37)(H,35,36)/t24-,25?/m0/s1. The minimum absolute atomic E-state index is 0.0196. The third-order valence-corrected chi connectivity index (χ3v) is 6.27. The van der Waals surface area contributed by atoms with E-state index < -0.39 is 42.1 Å². The van der Waals surface area contributed by atoms with Crippen molar-refractivity contribution in [2.75, 3.05) is 0 Å². The SMILES string of the molecule is CCCCC(C(=O)N[C@@H](CC(=O)O)c1cccc(C(F)(F)F)c1)n1cc(C)cc(Cc2ccccc2)c1=O. The molecule has 202 valence electrons. The highest BCUT2D eigenvalue weighted by Crippen LogP contribution is 2.31. The van der Waals surface area contributed by atoms with Gasteiger partial charge in [0.05, 0.1) is 18.0 Å². The van der Waals surface area contributed by atoms with Crippen LogP contribution in [0.15, 0.2) is 71.7 Å². The second-order valence-electron chi connectivity index (χ2n) is 9.36. The summed E-state index contributed by atoms with van der Waals surface area (Å²) in [5.74, 6) is -1.91. The average molecular weight is 529 g/mol. The summed E-state index contributed by atoms with van der Waals surface area (Å²) in [5.41, 5.74) is 0.941. The van der Waals surface area contributed by atoms with Crippen molar-refractivity contribution >= 4 is 11.9 Å². The summed E-state index contributed by atoms with van der Waals surface area (Å²) >= 11 is 0. The maximum atomic E-state index is 13.5. The molecule has 0 radical (unpaired) electrons. The molecule has 3 rings (SSSR count). The summed E-state index contributed by atoms with van der Waals surface area (Å²) in [4.78, 5) is 38.6. The highest BCUT2D eigenvalue weighted by Gasteiger charge is 2.32. The number of aromatic nitrogens is 1. The number of amides is 1. The lowest BCUT2D eigenvalue weighted by Gasteiger charge is -2.25. The Bertz CT molecular complexity index is 1320. The average Bonchev–Trinajstić information content (AvgIpc) is 2.86. The number of carboxylic acid groups (broad SMARTS) is 1. The predicted molar refractivity (Wildman–Crippen MR) is 138 cm³/mol. The van der Waals surface area contributed by atoms with Crippen molar-refractivity contribution in [2.45, 2.75) is 64.2 Å². The van der Waals surface area contributed by atoms with E-state index in [1.807, 2.05) is 44.2 Å². The fourth-order valence-electron chi connectivity index (χ4n) is 4.41. The van der Waals surface area contributed by atoms with Crippen LogP contribution in [0.2, 0.25) is 0 Å². The van der Waals surface area contributed by atoms with Gasteiger partial charge in [0.1, 0.15) is 6.04 Å². The Morgan fingerprint density at radius 1 is 1.05 bits per heavy atom. The van der Waals surface area contributed by atoms with E-state index in [1.54, 1.807) is 12.3 Å². The number of benzene rings is 2. The second kappa shape index (κ2) is 12.6. The van der Waals surface area contributed by atoms with E-state index in [0.717, 1.165) is 29.7 Å². The quantitative estimate of drug-likeness (QED) is 0.328. The molecule has 38 heavy (non-hydrogen) atoms. The molecule has 1 heterocycles. The molecule has 2 N–H and O–H groups in total. The van der Waals surface area contributed by atoms with Crippen molar-refractivity contribution in [3.05, 3.63) is 105 Å². The van der Waals surface area contributed by atoms with Gasteiger partial charge in [-0.15, -0.1) is 0 Å². The van der Waals surface area contributed by atoms with Crippen LogP contribution in [0.5, 0.6) is 0 Å². The van der Waals surface area contributed by atoms with Crippen LogP contribution in [0.3, 0.4) is 0 Å². The molecule has 3 aromatic rings. The maximum Gasteiger partial charge on any atom is 0.416 e. The first-order valence-corrected chi connectivity index (χ1v) is 12.4. The van der Waals surface area contributed by atoms with Gasteiger partial charge in [-0.2, -0.15) is 13.2 Å². The summed E-state index contributed by atoms with van der Waals surface area (Å²) in [5, 5.41) is 12.0. The second-order valence-corrected chi connectivity index (χ2v) is 9.36. The first-order chi connectivity index (χ1) is 18.0. The number of unbranched alkanes of at least 4 members (excludes halogenated alkanes) is 1. The van der Waals surface area contributed by atoms with E-state index in [2.05, 4.69) is 5.32 Å². The number of carbonyl (C=O) groups is 2. The smallest absolute Gasteiger partial charge is 0.416 e. The number of alkyl halides is 3. The van der Waals surface area contributed by atoms with Crippen LogP contribution >= 0.6 is 0 Å². The van der Waals surface area contributed by atoms with Crippen molar-refractivity contribution in [3.63, 3.8) is 0 Å². The van der Waals surface area contributed by atoms with Gasteiger partial charge in [-0.05, 0) is 48.2 Å². The zero-order chi connectivity index (χ0) is 27.9. The Labute approximate surface area is 219 Å². The molecule has 1 unspecified atom stereocenters. The van der Waals surface area contributed by atoms with E-state index >= 15 is 0 Å². The zero-order valence-electron chi connectivity index (χ0n) is 21.3. The molecule has 2 aromatic carbocycles. The summed E-state index contributed by atoms with van der Waals surface area (Å²) in [6.07, 6.45) is -1.62. The lowest BCUT2D eigenvalue weighted by Crippen LogP contribution is -2.40. The van der Waals surface area contributed by atoms with Crippen LogP contribution in [0, 0.1) is 6.92 Å². The number of rotatable bonds is 11. The number of carbonyl (C=O) groups excluding carboxylic acids is 1. The molecule has 2 atom stereocenters. The van der Waals surface area contributed by atoms with Crippen molar-refractivity contribution < 1.29 is 27.9 Å². The maximum absolute atomic E-state index is 13.5. The third-order valence-electron chi connectivity index (χ3n) is 6.27. The van der Waals surface area contributed by atoms with E-state index in [9.17, 15) is 32.7 Å². The molecule has 0 bridgehead atoms. The number of nitrogens with one attached hydrogen (secondary N) is 1. The van der Waals surface area contributed by atoms with Crippen molar-refractivity contribution in [2.24, 2.45) is 0 Å². The van der Waals surface area contributed by atoms with E-state index in [0.29, 0.717) is 24.8 Å². The first kappa shape index (κ1) is 28.7. The molecule has 0 fully saturated rings. The topological polar surface area (TPSA) is 88.4 Å². The summed E-state index contributed by atoms with van der Waals surface area (Å²) in [6.45, 7) is 3.75. The Kier molecular flexibility index (Phi) is 9.50. The molecule has 9 heteroatoms. The van der Waals surface area contributed by atoms with Gasteiger partial charge in [-0.3, -0.25) is 14.4 Å². The van der Waals surface area contributed by atoms with Crippen molar-refractivity contribution in [1.29, 1.82) is 0 Å². The number of pyridine rings is 1. The number of aliphatic carboxylic acids is 1. The lowest BCUT2D eigenvalue weighted by atomic mass is 9.99. The minimum Gasteiger partial charge on any atom is -0.481 e. The lowest BCUT2D eigenvalue weighted by molar-refractivity contribution is -0.138. The highest BCUT2D eigenvalue weighted by molar-refractivity contribution is 5.81. The molecule has 0 aliphatic rings. The number of nitrogens with zero attached hydrogens (tertiary/aromatic N) is 1. The Morgan fingerprint density at radius 2 is 1.76 bits per heavy atom. The molecule has 0 saturated carbocycles. The molecule has 0 aliphatic heterocycles. The van der Waals surface area contributed by atoms with Gasteiger partial charge in [0, 0.05) is 18.2 Å². The summed E-state index contributed by atoms with van der Waals surface area (Å²) in [7, 11) is 0. The van der Waals surface area contributed by atoms with Crippen LogP contribution in [-0.4, -0.2) is 21.6 Å². The van der Waals surface area contributed by atoms with E-state index in [1.165, 1.54) is 16.7 Å². The van der Waals surface area contributed by atoms with Gasteiger partial charge in [0.15, 0.2) is 0 Å². The third kappa shape index (κ3) is 7.57. The molecule has 6 nitrogen and oxygen atoms in total. The number of carboxylic acids is 1. The first-order valence-electron chi connectivity index (χ1n) is 12.4. The number of hydrogen-bond donors (Lipinski definition) is 2. The molecular weight excluding hydrogens is 497 g/mol.